The minimum atomic E-state index is -0.164. The molecule has 1 unspecified atom stereocenters. The van der Waals surface area contributed by atoms with Gasteiger partial charge in [0, 0.05) is 0 Å². The molecule has 1 heterocycles. The third-order valence-corrected chi connectivity index (χ3v) is 3.49. The molecule has 2 aromatic carbocycles. The maximum atomic E-state index is 12.2. The van der Waals surface area contributed by atoms with Crippen LogP contribution in [0, 0.1) is 13.8 Å². The molecular weight excluding hydrogens is 236 g/mol. The summed E-state index contributed by atoms with van der Waals surface area (Å²) in [6.45, 7) is 4.03. The lowest BCUT2D eigenvalue weighted by atomic mass is 9.95. The van der Waals surface area contributed by atoms with E-state index in [0.29, 0.717) is 17.7 Å². The monoisotopic (exact) mass is 252 g/mol. The predicted octanol–water partition coefficient (Wildman–Crippen LogP) is 4.01. The lowest BCUT2D eigenvalue weighted by Gasteiger charge is -2.26. The fraction of sp³-hybridized carbons (Fsp3) is 0.235. The Morgan fingerprint density at radius 3 is 2.63 bits per heavy atom. The number of ketones is 1. The number of ether oxygens (including phenoxy) is 1. The van der Waals surface area contributed by atoms with Crippen molar-refractivity contribution < 1.29 is 9.53 Å². The van der Waals surface area contributed by atoms with Crippen molar-refractivity contribution in [3.63, 3.8) is 0 Å². The summed E-state index contributed by atoms with van der Waals surface area (Å²) in [5.74, 6) is 0.866. The standard InChI is InChI=1S/C17H16O2/c1-11-4-3-5-13(8-11)17-10-15(18)14-9-12(2)6-7-16(14)19-17/h3-9,17H,10H2,1-2H3. The molecule has 3 rings (SSSR count). The zero-order chi connectivity index (χ0) is 13.4. The molecule has 0 bridgehead atoms. The number of carbonyl (C=O) groups is 1. The van der Waals surface area contributed by atoms with Gasteiger partial charge >= 0.3 is 0 Å². The van der Waals surface area contributed by atoms with Gasteiger partial charge in [0.05, 0.1) is 12.0 Å². The number of aryl methyl sites for hydroxylation is 2. The van der Waals surface area contributed by atoms with Crippen LogP contribution in [0.25, 0.3) is 0 Å². The summed E-state index contributed by atoms with van der Waals surface area (Å²) in [7, 11) is 0. The molecule has 0 saturated heterocycles. The highest BCUT2D eigenvalue weighted by atomic mass is 16.5. The molecule has 1 aliphatic rings. The van der Waals surface area contributed by atoms with Crippen LogP contribution in [0.5, 0.6) is 5.75 Å². The number of carbonyl (C=O) groups excluding carboxylic acids is 1. The summed E-state index contributed by atoms with van der Waals surface area (Å²) in [5, 5.41) is 0. The van der Waals surface area contributed by atoms with Crippen molar-refractivity contribution in [1.29, 1.82) is 0 Å². The van der Waals surface area contributed by atoms with E-state index in [1.165, 1.54) is 5.56 Å². The van der Waals surface area contributed by atoms with E-state index in [2.05, 4.69) is 6.07 Å². The highest BCUT2D eigenvalue weighted by Gasteiger charge is 2.27. The predicted molar refractivity (Wildman–Crippen MR) is 74.7 cm³/mol. The first kappa shape index (κ1) is 12.0. The van der Waals surface area contributed by atoms with Crippen molar-refractivity contribution >= 4 is 5.78 Å². The smallest absolute Gasteiger partial charge is 0.170 e. The topological polar surface area (TPSA) is 26.3 Å². The Labute approximate surface area is 113 Å². The van der Waals surface area contributed by atoms with Crippen LogP contribution in [-0.4, -0.2) is 5.78 Å². The van der Waals surface area contributed by atoms with Crippen LogP contribution < -0.4 is 4.74 Å². The molecule has 19 heavy (non-hydrogen) atoms. The minimum absolute atomic E-state index is 0.163. The molecular formula is C17H16O2. The second-order valence-electron chi connectivity index (χ2n) is 5.15. The van der Waals surface area contributed by atoms with Crippen molar-refractivity contribution in [2.24, 2.45) is 0 Å². The van der Waals surface area contributed by atoms with Crippen molar-refractivity contribution in [2.45, 2.75) is 26.4 Å². The second kappa shape index (κ2) is 4.54. The zero-order valence-electron chi connectivity index (χ0n) is 11.1. The molecule has 0 N–H and O–H groups in total. The van der Waals surface area contributed by atoms with E-state index >= 15 is 0 Å². The first-order valence-corrected chi connectivity index (χ1v) is 6.50. The van der Waals surface area contributed by atoms with Gasteiger partial charge in [0.15, 0.2) is 5.78 Å². The Balaban J connectivity index is 1.97. The number of hydrogen-bond donors (Lipinski definition) is 0. The highest BCUT2D eigenvalue weighted by molar-refractivity contribution is 6.00. The third kappa shape index (κ3) is 2.26. The molecule has 2 heteroatoms. The third-order valence-electron chi connectivity index (χ3n) is 3.49. The SMILES string of the molecule is Cc1cccc(C2CC(=O)c3cc(C)ccc3O2)c1. The van der Waals surface area contributed by atoms with Crippen molar-refractivity contribution in [3.8, 4) is 5.75 Å². The summed E-state index contributed by atoms with van der Waals surface area (Å²) >= 11 is 0. The molecule has 0 aliphatic carbocycles. The van der Waals surface area contributed by atoms with Gasteiger partial charge in [-0.15, -0.1) is 0 Å². The molecule has 0 fully saturated rings. The lowest BCUT2D eigenvalue weighted by Crippen LogP contribution is -2.20. The molecule has 2 nitrogen and oxygen atoms in total. The minimum Gasteiger partial charge on any atom is -0.484 e. The maximum absolute atomic E-state index is 12.2. The fourth-order valence-electron chi connectivity index (χ4n) is 2.49. The van der Waals surface area contributed by atoms with E-state index in [0.717, 1.165) is 11.1 Å². The van der Waals surface area contributed by atoms with Gasteiger partial charge in [0.25, 0.3) is 0 Å². The van der Waals surface area contributed by atoms with Gasteiger partial charge in [-0.2, -0.15) is 0 Å². The lowest BCUT2D eigenvalue weighted by molar-refractivity contribution is 0.0850. The highest BCUT2D eigenvalue weighted by Crippen LogP contribution is 2.35. The van der Waals surface area contributed by atoms with Crippen molar-refractivity contribution in [1.82, 2.24) is 0 Å². The summed E-state index contributed by atoms with van der Waals surface area (Å²) < 4.78 is 5.98. The Kier molecular flexibility index (Phi) is 2.86. The van der Waals surface area contributed by atoms with Gasteiger partial charge in [-0.1, -0.05) is 41.5 Å². The fourth-order valence-corrected chi connectivity index (χ4v) is 2.49. The molecule has 1 atom stereocenters. The van der Waals surface area contributed by atoms with Crippen LogP contribution in [0.3, 0.4) is 0 Å². The molecule has 0 aromatic heterocycles. The Hall–Kier alpha value is -2.09. The molecule has 96 valence electrons. The van der Waals surface area contributed by atoms with Gasteiger partial charge in [-0.05, 0) is 31.5 Å². The van der Waals surface area contributed by atoms with Gasteiger partial charge in [-0.3, -0.25) is 4.79 Å². The van der Waals surface area contributed by atoms with Crippen molar-refractivity contribution in [2.75, 3.05) is 0 Å². The van der Waals surface area contributed by atoms with Crippen LogP contribution in [0.4, 0.5) is 0 Å². The average molecular weight is 252 g/mol. The van der Waals surface area contributed by atoms with Gasteiger partial charge in [0.2, 0.25) is 0 Å². The van der Waals surface area contributed by atoms with Gasteiger partial charge < -0.3 is 4.74 Å². The number of fused-ring (bicyclic) bond motifs is 1. The Morgan fingerprint density at radius 1 is 1.05 bits per heavy atom. The zero-order valence-corrected chi connectivity index (χ0v) is 11.1. The summed E-state index contributed by atoms with van der Waals surface area (Å²) in [6.07, 6.45) is 0.252. The molecule has 0 saturated carbocycles. The molecule has 0 amide bonds. The first-order valence-electron chi connectivity index (χ1n) is 6.50. The normalized spacial score (nSPS) is 17.8. The van der Waals surface area contributed by atoms with Gasteiger partial charge in [-0.25, -0.2) is 0 Å². The summed E-state index contributed by atoms with van der Waals surface area (Å²) in [5.41, 5.74) is 4.05. The number of hydrogen-bond acceptors (Lipinski definition) is 2. The van der Waals surface area contributed by atoms with Crippen LogP contribution in [-0.2, 0) is 0 Å². The van der Waals surface area contributed by atoms with E-state index in [-0.39, 0.29) is 11.9 Å². The van der Waals surface area contributed by atoms with E-state index in [1.807, 2.05) is 50.2 Å². The van der Waals surface area contributed by atoms with Gasteiger partial charge in [0.1, 0.15) is 11.9 Å². The molecule has 0 radical (unpaired) electrons. The molecule has 2 aromatic rings. The van der Waals surface area contributed by atoms with Crippen LogP contribution in [0.2, 0.25) is 0 Å². The average Bonchev–Trinajstić information content (AvgIpc) is 2.39. The molecule has 0 spiro atoms. The number of benzene rings is 2. The summed E-state index contributed by atoms with van der Waals surface area (Å²) in [6, 6.07) is 13.9. The maximum Gasteiger partial charge on any atom is 0.170 e. The van der Waals surface area contributed by atoms with Crippen LogP contribution >= 0.6 is 0 Å². The largest absolute Gasteiger partial charge is 0.484 e. The van der Waals surface area contributed by atoms with Crippen LogP contribution in [0.1, 0.15) is 39.6 Å². The number of rotatable bonds is 1. The van der Waals surface area contributed by atoms with Crippen LogP contribution in [0.15, 0.2) is 42.5 Å². The quantitative estimate of drug-likeness (QED) is 0.766. The van der Waals surface area contributed by atoms with E-state index in [4.69, 9.17) is 4.74 Å². The summed E-state index contributed by atoms with van der Waals surface area (Å²) in [4.78, 5) is 12.2. The Bertz CT molecular complexity index is 643. The van der Waals surface area contributed by atoms with E-state index < -0.39 is 0 Å². The van der Waals surface area contributed by atoms with Crippen molar-refractivity contribution in [3.05, 3.63) is 64.7 Å². The molecule has 1 aliphatic heterocycles. The second-order valence-corrected chi connectivity index (χ2v) is 5.15. The van der Waals surface area contributed by atoms with E-state index in [1.54, 1.807) is 0 Å². The number of Topliss-reactive ketones (excluding diaryl/α,β-unsaturated/α-hetero) is 1. The first-order chi connectivity index (χ1) is 9.13. The Morgan fingerprint density at radius 2 is 1.84 bits per heavy atom. The van der Waals surface area contributed by atoms with E-state index in [9.17, 15) is 4.79 Å².